The maximum Gasteiger partial charge on any atom is 0.428 e. The van der Waals surface area contributed by atoms with Crippen molar-refractivity contribution in [3.63, 3.8) is 0 Å². The number of ketones is 1. The molecule has 0 aromatic heterocycles. The lowest BCUT2D eigenvalue weighted by molar-refractivity contribution is -0.256. The number of aliphatic hydroxyl groups is 1. The Kier molecular flexibility index (Phi) is 13.3. The van der Waals surface area contributed by atoms with Crippen LogP contribution >= 0.6 is 23.4 Å². The summed E-state index contributed by atoms with van der Waals surface area (Å²) < 4.78 is 47.8. The third-order valence-electron chi connectivity index (χ3n) is 8.06. The second-order valence-corrected chi connectivity index (χ2v) is 13.3. The Hall–Kier alpha value is -2.23. The lowest BCUT2D eigenvalue weighted by Crippen LogP contribution is -2.49. The van der Waals surface area contributed by atoms with Crippen molar-refractivity contribution in [2.75, 3.05) is 20.7 Å². The van der Waals surface area contributed by atoms with Gasteiger partial charge in [-0.25, -0.2) is 0 Å². The summed E-state index contributed by atoms with van der Waals surface area (Å²) in [7, 11) is 3.39. The third kappa shape index (κ3) is 9.63. The van der Waals surface area contributed by atoms with Gasteiger partial charge in [0.1, 0.15) is 5.75 Å². The third-order valence-corrected chi connectivity index (χ3v) is 9.71. The minimum absolute atomic E-state index is 0.126. The topological polar surface area (TPSA) is 66.8 Å². The second kappa shape index (κ2) is 16.2. The molecule has 1 aliphatic carbocycles. The van der Waals surface area contributed by atoms with Crippen LogP contribution in [0.2, 0.25) is 5.02 Å². The van der Waals surface area contributed by atoms with Gasteiger partial charge >= 0.3 is 6.18 Å². The van der Waals surface area contributed by atoms with Gasteiger partial charge in [0.05, 0.1) is 17.2 Å². The van der Waals surface area contributed by atoms with Gasteiger partial charge < -0.3 is 14.7 Å². The number of ether oxygens (including phenoxy) is 1. The summed E-state index contributed by atoms with van der Waals surface area (Å²) in [5.41, 5.74) is -3.60. The Balaban J connectivity index is 1.59. The van der Waals surface area contributed by atoms with Crippen LogP contribution in [0.3, 0.4) is 0 Å². The SMILES string of the molecule is CCOc1cccc(C(O)(C(=O)CCC2CCCCCC(Sc3ccc(C(=O)N(C)C)c(Cl)c3)CCCC2)C(F)(F)F)c1. The average Bonchev–Trinajstić information content (AvgIpc) is 3.00. The minimum atomic E-state index is -5.15. The summed E-state index contributed by atoms with van der Waals surface area (Å²) >= 11 is 8.20. The molecule has 3 rings (SSSR count). The number of carbonyl (C=O) groups excluding carboxylic acids is 2. The Labute approximate surface area is 262 Å². The first kappa shape index (κ1) is 35.3. The van der Waals surface area contributed by atoms with E-state index in [0.717, 1.165) is 74.8 Å². The second-order valence-electron chi connectivity index (χ2n) is 11.5. The summed E-state index contributed by atoms with van der Waals surface area (Å²) in [4.78, 5) is 27.9. The normalized spacial score (nSPS) is 20.0. The van der Waals surface area contributed by atoms with E-state index in [-0.39, 0.29) is 30.6 Å². The zero-order valence-electron chi connectivity index (χ0n) is 25.2. The number of alkyl halides is 3. The maximum absolute atomic E-state index is 14.2. The van der Waals surface area contributed by atoms with Gasteiger partial charge in [0.25, 0.3) is 5.91 Å². The fourth-order valence-electron chi connectivity index (χ4n) is 5.63. The zero-order valence-corrected chi connectivity index (χ0v) is 26.8. The molecular formula is C33H43ClF3NO4S. The van der Waals surface area contributed by atoms with Crippen molar-refractivity contribution >= 4 is 35.1 Å². The van der Waals surface area contributed by atoms with Gasteiger partial charge in [0.2, 0.25) is 5.60 Å². The first-order chi connectivity index (χ1) is 20.4. The standard InChI is InChI=1S/C33H43ClF3NO4S/c1-4-42-25-14-10-13-24(21-25)32(41,33(35,36)37)30(39)20-17-23-11-6-5-7-15-26(16-9-8-12-23)43-27-18-19-28(29(34)22-27)31(40)38(2)3/h10,13-14,18-19,21-23,26,41H,4-9,11-12,15-17,20H2,1-3H3. The highest BCUT2D eigenvalue weighted by Crippen LogP contribution is 2.42. The van der Waals surface area contributed by atoms with E-state index in [4.69, 9.17) is 16.3 Å². The molecule has 3 unspecified atom stereocenters. The van der Waals surface area contributed by atoms with E-state index < -0.39 is 23.1 Å². The highest BCUT2D eigenvalue weighted by molar-refractivity contribution is 8.00. The summed E-state index contributed by atoms with van der Waals surface area (Å²) in [5.74, 6) is -1.06. The molecule has 1 amide bonds. The van der Waals surface area contributed by atoms with Crippen molar-refractivity contribution in [2.24, 2.45) is 5.92 Å². The van der Waals surface area contributed by atoms with Crippen LogP contribution in [-0.4, -0.2) is 53.8 Å². The quantitative estimate of drug-likeness (QED) is 0.281. The van der Waals surface area contributed by atoms with Crippen molar-refractivity contribution in [1.29, 1.82) is 0 Å². The molecular weight excluding hydrogens is 599 g/mol. The zero-order chi connectivity index (χ0) is 31.6. The van der Waals surface area contributed by atoms with Crippen LogP contribution in [0.5, 0.6) is 5.75 Å². The van der Waals surface area contributed by atoms with Crippen molar-refractivity contribution < 1.29 is 32.6 Å². The van der Waals surface area contributed by atoms with E-state index in [0.29, 0.717) is 22.3 Å². The van der Waals surface area contributed by atoms with Gasteiger partial charge in [0, 0.05) is 36.2 Å². The maximum atomic E-state index is 14.2. The Morgan fingerprint density at radius 2 is 1.65 bits per heavy atom. The molecule has 10 heteroatoms. The molecule has 0 bridgehead atoms. The Morgan fingerprint density at radius 3 is 2.28 bits per heavy atom. The van der Waals surface area contributed by atoms with Crippen LogP contribution in [0.15, 0.2) is 47.4 Å². The lowest BCUT2D eigenvalue weighted by atomic mass is 9.83. The first-order valence-electron chi connectivity index (χ1n) is 15.1. The number of rotatable bonds is 10. The number of Topliss-reactive ketones (excluding diaryl/α,β-unsaturated/α-hetero) is 1. The Morgan fingerprint density at radius 1 is 1.00 bits per heavy atom. The number of benzene rings is 2. The molecule has 2 aromatic rings. The summed E-state index contributed by atoms with van der Waals surface area (Å²) in [6.07, 6.45) is 3.45. The molecule has 2 aromatic carbocycles. The van der Waals surface area contributed by atoms with E-state index in [2.05, 4.69) is 0 Å². The van der Waals surface area contributed by atoms with Gasteiger partial charge in [0.15, 0.2) is 5.78 Å². The van der Waals surface area contributed by atoms with E-state index >= 15 is 0 Å². The predicted molar refractivity (Wildman–Crippen MR) is 166 cm³/mol. The van der Waals surface area contributed by atoms with Crippen LogP contribution in [0.1, 0.15) is 93.5 Å². The molecule has 1 fully saturated rings. The van der Waals surface area contributed by atoms with Crippen LogP contribution in [-0.2, 0) is 10.4 Å². The molecule has 0 aliphatic heterocycles. The smallest absolute Gasteiger partial charge is 0.428 e. The van der Waals surface area contributed by atoms with E-state index in [1.54, 1.807) is 38.8 Å². The number of hydrogen-bond acceptors (Lipinski definition) is 5. The monoisotopic (exact) mass is 641 g/mol. The summed E-state index contributed by atoms with van der Waals surface area (Å²) in [6, 6.07) is 10.7. The Bertz CT molecular complexity index is 1220. The van der Waals surface area contributed by atoms with Crippen molar-refractivity contribution in [2.45, 2.75) is 99.5 Å². The van der Waals surface area contributed by atoms with Crippen LogP contribution in [0, 0.1) is 5.92 Å². The predicted octanol–water partition coefficient (Wildman–Crippen LogP) is 8.84. The number of hydrogen-bond donors (Lipinski definition) is 1. The molecule has 3 atom stereocenters. The first-order valence-corrected chi connectivity index (χ1v) is 16.4. The molecule has 1 saturated carbocycles. The van der Waals surface area contributed by atoms with Crippen LogP contribution < -0.4 is 4.74 Å². The van der Waals surface area contributed by atoms with Gasteiger partial charge in [-0.2, -0.15) is 13.2 Å². The van der Waals surface area contributed by atoms with Gasteiger partial charge in [-0.05, 0) is 62.4 Å². The number of thioether (sulfide) groups is 1. The average molecular weight is 642 g/mol. The molecule has 43 heavy (non-hydrogen) atoms. The lowest BCUT2D eigenvalue weighted by Gasteiger charge is -2.30. The molecule has 0 spiro atoms. The highest BCUT2D eigenvalue weighted by atomic mass is 35.5. The molecule has 5 nitrogen and oxygen atoms in total. The summed E-state index contributed by atoms with van der Waals surface area (Å²) in [5, 5.41) is 11.6. The van der Waals surface area contributed by atoms with Crippen molar-refractivity contribution in [3.8, 4) is 5.75 Å². The molecule has 0 radical (unpaired) electrons. The number of halogens is 4. The van der Waals surface area contributed by atoms with Gasteiger partial charge in [-0.1, -0.05) is 68.7 Å². The largest absolute Gasteiger partial charge is 0.494 e. The molecule has 0 heterocycles. The summed E-state index contributed by atoms with van der Waals surface area (Å²) in [6.45, 7) is 1.96. The molecule has 0 saturated heterocycles. The fourth-order valence-corrected chi connectivity index (χ4v) is 7.25. The van der Waals surface area contributed by atoms with E-state index in [1.807, 2.05) is 12.1 Å². The molecule has 1 aliphatic rings. The molecule has 1 N–H and O–H groups in total. The number of nitrogens with zero attached hydrogens (tertiary/aromatic N) is 1. The highest BCUT2D eigenvalue weighted by Gasteiger charge is 2.60. The number of carbonyl (C=O) groups is 2. The van der Waals surface area contributed by atoms with Gasteiger partial charge in [-0.15, -0.1) is 11.8 Å². The van der Waals surface area contributed by atoms with Crippen molar-refractivity contribution in [1.82, 2.24) is 4.90 Å². The minimum Gasteiger partial charge on any atom is -0.494 e. The van der Waals surface area contributed by atoms with Gasteiger partial charge in [-0.3, -0.25) is 9.59 Å². The van der Waals surface area contributed by atoms with Crippen LogP contribution in [0.4, 0.5) is 13.2 Å². The fraction of sp³-hybridized carbons (Fsp3) is 0.576. The van der Waals surface area contributed by atoms with Crippen molar-refractivity contribution in [3.05, 3.63) is 58.6 Å². The van der Waals surface area contributed by atoms with Crippen LogP contribution in [0.25, 0.3) is 0 Å². The number of amides is 1. The molecule has 238 valence electrons. The van der Waals surface area contributed by atoms with E-state index in [9.17, 15) is 27.9 Å². The van der Waals surface area contributed by atoms with E-state index in [1.165, 1.54) is 17.0 Å².